The summed E-state index contributed by atoms with van der Waals surface area (Å²) in [6.07, 6.45) is 0. The molecule has 0 bridgehead atoms. The zero-order chi connectivity index (χ0) is 15.5. The monoisotopic (exact) mass is 333 g/mol. The van der Waals surface area contributed by atoms with Crippen LogP contribution in [-0.4, -0.2) is 16.1 Å². The lowest BCUT2D eigenvalue weighted by Crippen LogP contribution is -2.11. The molecule has 0 unspecified atom stereocenters. The van der Waals surface area contributed by atoms with Gasteiger partial charge in [-0.05, 0) is 42.5 Å². The van der Waals surface area contributed by atoms with Crippen molar-refractivity contribution in [3.05, 3.63) is 64.9 Å². The minimum atomic E-state index is -0.317. The van der Waals surface area contributed by atoms with Crippen LogP contribution < -0.4 is 5.32 Å². The smallest absolute Gasteiger partial charge is 0.257 e. The third-order valence-electron chi connectivity index (χ3n) is 2.82. The van der Waals surface area contributed by atoms with Crippen LogP contribution in [0.2, 0.25) is 5.02 Å². The fourth-order valence-electron chi connectivity index (χ4n) is 1.78. The van der Waals surface area contributed by atoms with Gasteiger partial charge >= 0.3 is 0 Å². The lowest BCUT2D eigenvalue weighted by molar-refractivity contribution is 0.102. The van der Waals surface area contributed by atoms with Gasteiger partial charge < -0.3 is 0 Å². The van der Waals surface area contributed by atoms with Gasteiger partial charge in [-0.3, -0.25) is 10.1 Å². The molecule has 2 aromatic carbocycles. The Bertz CT molecular complexity index is 820. The molecule has 0 fully saturated rings. The van der Waals surface area contributed by atoms with Crippen LogP contribution in [0.4, 0.5) is 9.52 Å². The van der Waals surface area contributed by atoms with E-state index in [4.69, 9.17) is 11.6 Å². The van der Waals surface area contributed by atoms with Crippen LogP contribution in [-0.2, 0) is 0 Å². The average molecular weight is 334 g/mol. The number of carbonyl (C=O) groups excluding carboxylic acids is 1. The first-order valence-corrected chi connectivity index (χ1v) is 7.47. The molecular formula is C15H9ClFN3OS. The molecule has 1 aromatic heterocycles. The summed E-state index contributed by atoms with van der Waals surface area (Å²) < 4.78 is 12.9. The van der Waals surface area contributed by atoms with Crippen LogP contribution in [0.3, 0.4) is 0 Å². The zero-order valence-corrected chi connectivity index (χ0v) is 12.7. The molecule has 1 amide bonds. The third kappa shape index (κ3) is 3.29. The predicted octanol–water partition coefficient (Wildman–Crippen LogP) is 4.25. The Labute approximate surface area is 134 Å². The second kappa shape index (κ2) is 6.21. The number of rotatable bonds is 3. The summed E-state index contributed by atoms with van der Waals surface area (Å²) in [4.78, 5) is 12.1. The largest absolute Gasteiger partial charge is 0.296 e. The predicted molar refractivity (Wildman–Crippen MR) is 84.7 cm³/mol. The molecule has 0 atom stereocenters. The number of aromatic nitrogens is 2. The van der Waals surface area contributed by atoms with Crippen molar-refractivity contribution in [3.8, 4) is 10.6 Å². The van der Waals surface area contributed by atoms with Gasteiger partial charge in [-0.25, -0.2) is 4.39 Å². The topological polar surface area (TPSA) is 54.9 Å². The molecule has 0 spiro atoms. The SMILES string of the molecule is O=C(Nc1nnc(-c2ccc(F)cc2)s1)c1cccc(Cl)c1. The third-order valence-corrected chi connectivity index (χ3v) is 3.95. The van der Waals surface area contributed by atoms with Crippen molar-refractivity contribution < 1.29 is 9.18 Å². The standard InChI is InChI=1S/C15H9ClFN3OS/c16-11-3-1-2-10(8-11)13(21)18-15-20-19-14(22-15)9-4-6-12(17)7-5-9/h1-8H,(H,18,20,21). The van der Waals surface area contributed by atoms with Crippen LogP contribution in [0.25, 0.3) is 10.6 Å². The fraction of sp³-hybridized carbons (Fsp3) is 0. The van der Waals surface area contributed by atoms with Gasteiger partial charge in [-0.15, -0.1) is 10.2 Å². The van der Waals surface area contributed by atoms with Gasteiger partial charge in [-0.1, -0.05) is 29.0 Å². The molecule has 22 heavy (non-hydrogen) atoms. The Balaban J connectivity index is 1.77. The lowest BCUT2D eigenvalue weighted by atomic mass is 10.2. The highest BCUT2D eigenvalue weighted by molar-refractivity contribution is 7.18. The number of hydrogen-bond acceptors (Lipinski definition) is 4. The van der Waals surface area contributed by atoms with Crippen molar-refractivity contribution in [2.75, 3.05) is 5.32 Å². The Morgan fingerprint density at radius 1 is 1.14 bits per heavy atom. The number of halogens is 2. The maximum absolute atomic E-state index is 12.9. The molecule has 0 aliphatic carbocycles. The molecule has 1 N–H and O–H groups in total. The summed E-state index contributed by atoms with van der Waals surface area (Å²) >= 11 is 7.06. The van der Waals surface area contributed by atoms with Crippen molar-refractivity contribution in [1.82, 2.24) is 10.2 Å². The second-order valence-corrected chi connectivity index (χ2v) is 5.80. The first-order chi connectivity index (χ1) is 10.6. The van der Waals surface area contributed by atoms with Crippen molar-refractivity contribution in [2.45, 2.75) is 0 Å². The summed E-state index contributed by atoms with van der Waals surface area (Å²) in [6, 6.07) is 12.5. The van der Waals surface area contributed by atoms with Gasteiger partial charge in [0.2, 0.25) is 5.13 Å². The molecule has 4 nitrogen and oxygen atoms in total. The summed E-state index contributed by atoms with van der Waals surface area (Å²) in [5, 5.41) is 12.0. The highest BCUT2D eigenvalue weighted by Crippen LogP contribution is 2.26. The Kier molecular flexibility index (Phi) is 4.13. The molecule has 0 aliphatic heterocycles. The van der Waals surface area contributed by atoms with E-state index in [1.165, 1.54) is 23.5 Å². The molecule has 0 radical (unpaired) electrons. The van der Waals surface area contributed by atoms with E-state index in [0.717, 1.165) is 5.56 Å². The minimum Gasteiger partial charge on any atom is -0.296 e. The highest BCUT2D eigenvalue weighted by Gasteiger charge is 2.11. The van der Waals surface area contributed by atoms with Gasteiger partial charge in [0.15, 0.2) is 0 Å². The van der Waals surface area contributed by atoms with E-state index in [9.17, 15) is 9.18 Å². The number of nitrogens with zero attached hydrogens (tertiary/aromatic N) is 2. The van der Waals surface area contributed by atoms with E-state index in [1.54, 1.807) is 36.4 Å². The van der Waals surface area contributed by atoms with Gasteiger partial charge in [-0.2, -0.15) is 0 Å². The Hall–Kier alpha value is -2.31. The van der Waals surface area contributed by atoms with Gasteiger partial charge in [0.05, 0.1) is 0 Å². The molecule has 0 saturated carbocycles. The van der Waals surface area contributed by atoms with E-state index in [-0.39, 0.29) is 11.7 Å². The van der Waals surface area contributed by atoms with E-state index < -0.39 is 0 Å². The first kappa shape index (κ1) is 14.6. The minimum absolute atomic E-state index is 0.315. The first-order valence-electron chi connectivity index (χ1n) is 6.28. The molecule has 3 rings (SSSR count). The quantitative estimate of drug-likeness (QED) is 0.779. The van der Waals surface area contributed by atoms with E-state index in [2.05, 4.69) is 15.5 Å². The molecule has 0 aliphatic rings. The Morgan fingerprint density at radius 3 is 2.64 bits per heavy atom. The molecule has 3 aromatic rings. The van der Waals surface area contributed by atoms with Gasteiger partial charge in [0.25, 0.3) is 5.91 Å². The maximum atomic E-state index is 12.9. The van der Waals surface area contributed by atoms with E-state index >= 15 is 0 Å². The summed E-state index contributed by atoms with van der Waals surface area (Å²) in [5.41, 5.74) is 1.17. The van der Waals surface area contributed by atoms with Gasteiger partial charge in [0.1, 0.15) is 10.8 Å². The normalized spacial score (nSPS) is 10.5. The molecular weight excluding hydrogens is 325 g/mol. The number of carbonyl (C=O) groups is 1. The number of benzene rings is 2. The summed E-state index contributed by atoms with van der Waals surface area (Å²) in [7, 11) is 0. The van der Waals surface area contributed by atoms with Crippen LogP contribution in [0.1, 0.15) is 10.4 Å². The number of anilines is 1. The number of amides is 1. The molecule has 1 heterocycles. The van der Waals surface area contributed by atoms with Gasteiger partial charge in [0, 0.05) is 16.1 Å². The average Bonchev–Trinajstić information content (AvgIpc) is 2.96. The second-order valence-electron chi connectivity index (χ2n) is 4.38. The molecule has 110 valence electrons. The maximum Gasteiger partial charge on any atom is 0.257 e. The molecule has 7 heteroatoms. The lowest BCUT2D eigenvalue weighted by Gasteiger charge is -2.01. The number of nitrogens with one attached hydrogen (secondary N) is 1. The van der Waals surface area contributed by atoms with Crippen LogP contribution in [0.15, 0.2) is 48.5 Å². The number of hydrogen-bond donors (Lipinski definition) is 1. The van der Waals surface area contributed by atoms with Crippen molar-refractivity contribution in [2.24, 2.45) is 0 Å². The van der Waals surface area contributed by atoms with Crippen LogP contribution >= 0.6 is 22.9 Å². The van der Waals surface area contributed by atoms with Crippen LogP contribution in [0, 0.1) is 5.82 Å². The van der Waals surface area contributed by atoms with Crippen molar-refractivity contribution in [3.63, 3.8) is 0 Å². The van der Waals surface area contributed by atoms with Crippen molar-refractivity contribution in [1.29, 1.82) is 0 Å². The Morgan fingerprint density at radius 2 is 1.91 bits per heavy atom. The van der Waals surface area contributed by atoms with E-state index in [0.29, 0.717) is 20.7 Å². The van der Waals surface area contributed by atoms with E-state index in [1.807, 2.05) is 0 Å². The highest BCUT2D eigenvalue weighted by atomic mass is 35.5. The zero-order valence-electron chi connectivity index (χ0n) is 11.1. The molecule has 0 saturated heterocycles. The van der Waals surface area contributed by atoms with Crippen molar-refractivity contribution >= 4 is 34.0 Å². The fourth-order valence-corrected chi connectivity index (χ4v) is 2.72. The summed E-state index contributed by atoms with van der Waals surface area (Å²) in [6.45, 7) is 0. The van der Waals surface area contributed by atoms with Crippen LogP contribution in [0.5, 0.6) is 0 Å². The summed E-state index contributed by atoms with van der Waals surface area (Å²) in [5.74, 6) is -0.632.